The van der Waals surface area contributed by atoms with Crippen LogP contribution in [0.2, 0.25) is 0 Å². The average molecular weight is 385 g/mol. The summed E-state index contributed by atoms with van der Waals surface area (Å²) in [7, 11) is 0. The van der Waals surface area contributed by atoms with E-state index in [0.717, 1.165) is 30.4 Å². The Balaban J connectivity index is 1.84. The van der Waals surface area contributed by atoms with Gasteiger partial charge in [0.25, 0.3) is 0 Å². The van der Waals surface area contributed by atoms with Crippen LogP contribution >= 0.6 is 0 Å². The summed E-state index contributed by atoms with van der Waals surface area (Å²) in [6, 6.07) is 8.03. The first-order valence-corrected chi connectivity index (χ1v) is 10.3. The molecular weight excluding hydrogens is 352 g/mol. The molecule has 5 nitrogen and oxygen atoms in total. The van der Waals surface area contributed by atoms with Gasteiger partial charge in [0, 0.05) is 5.56 Å². The zero-order valence-electron chi connectivity index (χ0n) is 17.3. The third-order valence-electron chi connectivity index (χ3n) is 4.57. The first kappa shape index (κ1) is 21.9. The molecule has 152 valence electrons. The van der Waals surface area contributed by atoms with Crippen molar-refractivity contribution in [3.63, 3.8) is 0 Å². The van der Waals surface area contributed by atoms with Gasteiger partial charge in [-0.1, -0.05) is 64.3 Å². The van der Waals surface area contributed by atoms with E-state index in [4.69, 9.17) is 9.47 Å². The molecule has 1 heterocycles. The molecule has 1 aromatic heterocycles. The molecule has 0 radical (unpaired) electrons. The van der Waals surface area contributed by atoms with Crippen LogP contribution in [0, 0.1) is 0 Å². The molecule has 2 rings (SSSR count). The van der Waals surface area contributed by atoms with Gasteiger partial charge in [-0.05, 0) is 24.3 Å². The van der Waals surface area contributed by atoms with E-state index in [1.54, 1.807) is 12.4 Å². The number of rotatable bonds is 12. The molecule has 0 aliphatic rings. The van der Waals surface area contributed by atoms with E-state index >= 15 is 0 Å². The summed E-state index contributed by atoms with van der Waals surface area (Å²) in [5.74, 6) is 1.33. The normalized spacial score (nSPS) is 11.8. The van der Waals surface area contributed by atoms with Crippen LogP contribution in [-0.2, 0) is 9.53 Å². The van der Waals surface area contributed by atoms with E-state index in [2.05, 4.69) is 23.8 Å². The standard InChI is InChI=1S/C23H32N2O3/c1-4-6-7-8-14-28-22(26)15-18(3)19-9-11-20(12-10-19)23-24-16-21(17-25-23)27-13-5-2/h9-12,16-18H,4-8,13-15H2,1-3H3. The number of nitrogens with zero attached hydrogens (tertiary/aromatic N) is 2. The molecule has 0 N–H and O–H groups in total. The second-order valence-electron chi connectivity index (χ2n) is 7.10. The minimum absolute atomic E-state index is 0.114. The summed E-state index contributed by atoms with van der Waals surface area (Å²) >= 11 is 0. The van der Waals surface area contributed by atoms with Crippen molar-refractivity contribution in [1.29, 1.82) is 0 Å². The molecule has 2 aromatic rings. The topological polar surface area (TPSA) is 61.3 Å². The number of hydrogen-bond donors (Lipinski definition) is 0. The fourth-order valence-electron chi connectivity index (χ4n) is 2.86. The predicted molar refractivity (Wildman–Crippen MR) is 111 cm³/mol. The van der Waals surface area contributed by atoms with E-state index in [-0.39, 0.29) is 11.9 Å². The van der Waals surface area contributed by atoms with Gasteiger partial charge in [0.2, 0.25) is 0 Å². The molecule has 0 saturated carbocycles. The maximum absolute atomic E-state index is 12.0. The van der Waals surface area contributed by atoms with Gasteiger partial charge in [-0.15, -0.1) is 0 Å². The number of ether oxygens (including phenoxy) is 2. The molecule has 0 aliphatic heterocycles. The fourth-order valence-corrected chi connectivity index (χ4v) is 2.86. The summed E-state index contributed by atoms with van der Waals surface area (Å²) in [5.41, 5.74) is 2.05. The highest BCUT2D eigenvalue weighted by atomic mass is 16.5. The van der Waals surface area contributed by atoms with Crippen LogP contribution in [0.4, 0.5) is 0 Å². The predicted octanol–water partition coefficient (Wildman–Crippen LogP) is 5.55. The molecule has 1 atom stereocenters. The van der Waals surface area contributed by atoms with Crippen molar-refractivity contribution in [3.8, 4) is 17.1 Å². The molecule has 0 aliphatic carbocycles. The van der Waals surface area contributed by atoms with Crippen molar-refractivity contribution < 1.29 is 14.3 Å². The van der Waals surface area contributed by atoms with Crippen LogP contribution in [0.5, 0.6) is 5.75 Å². The van der Waals surface area contributed by atoms with E-state index in [1.165, 1.54) is 12.8 Å². The first-order valence-electron chi connectivity index (χ1n) is 10.3. The quantitative estimate of drug-likeness (QED) is 0.355. The second-order valence-corrected chi connectivity index (χ2v) is 7.10. The molecule has 0 saturated heterocycles. The van der Waals surface area contributed by atoms with Crippen molar-refractivity contribution in [3.05, 3.63) is 42.2 Å². The van der Waals surface area contributed by atoms with E-state index in [0.29, 0.717) is 31.2 Å². The monoisotopic (exact) mass is 384 g/mol. The van der Waals surface area contributed by atoms with Gasteiger partial charge in [-0.2, -0.15) is 0 Å². The van der Waals surface area contributed by atoms with Crippen LogP contribution < -0.4 is 4.74 Å². The van der Waals surface area contributed by atoms with Gasteiger partial charge >= 0.3 is 5.97 Å². The number of unbranched alkanes of at least 4 members (excludes halogenated alkanes) is 3. The van der Waals surface area contributed by atoms with Crippen LogP contribution in [-0.4, -0.2) is 29.2 Å². The Kier molecular flexibility index (Phi) is 9.46. The molecule has 1 unspecified atom stereocenters. The van der Waals surface area contributed by atoms with Gasteiger partial charge in [0.15, 0.2) is 11.6 Å². The van der Waals surface area contributed by atoms with Gasteiger partial charge in [-0.3, -0.25) is 4.79 Å². The molecule has 1 aromatic carbocycles. The van der Waals surface area contributed by atoms with Crippen LogP contribution in [0.1, 0.15) is 70.8 Å². The number of aromatic nitrogens is 2. The van der Waals surface area contributed by atoms with Crippen LogP contribution in [0.15, 0.2) is 36.7 Å². The number of carbonyl (C=O) groups excluding carboxylic acids is 1. The minimum atomic E-state index is -0.126. The molecule has 5 heteroatoms. The molecule has 0 bridgehead atoms. The fraction of sp³-hybridized carbons (Fsp3) is 0.522. The lowest BCUT2D eigenvalue weighted by molar-refractivity contribution is -0.144. The van der Waals surface area contributed by atoms with Crippen molar-refractivity contribution >= 4 is 5.97 Å². The van der Waals surface area contributed by atoms with Crippen molar-refractivity contribution in [1.82, 2.24) is 9.97 Å². The van der Waals surface area contributed by atoms with Gasteiger partial charge in [0.05, 0.1) is 32.0 Å². The van der Waals surface area contributed by atoms with Crippen LogP contribution in [0.3, 0.4) is 0 Å². The molecule has 0 fully saturated rings. The first-order chi connectivity index (χ1) is 13.6. The van der Waals surface area contributed by atoms with Gasteiger partial charge < -0.3 is 9.47 Å². The summed E-state index contributed by atoms with van der Waals surface area (Å²) in [5, 5.41) is 0. The Hall–Kier alpha value is -2.43. The van der Waals surface area contributed by atoms with Crippen molar-refractivity contribution in [2.24, 2.45) is 0 Å². The zero-order valence-corrected chi connectivity index (χ0v) is 17.3. The zero-order chi connectivity index (χ0) is 20.2. The largest absolute Gasteiger partial charge is 0.490 e. The smallest absolute Gasteiger partial charge is 0.306 e. The molecule has 28 heavy (non-hydrogen) atoms. The highest BCUT2D eigenvalue weighted by Gasteiger charge is 2.13. The molecule has 0 amide bonds. The highest BCUT2D eigenvalue weighted by Crippen LogP contribution is 2.23. The number of hydrogen-bond acceptors (Lipinski definition) is 5. The van der Waals surface area contributed by atoms with Gasteiger partial charge in [0.1, 0.15) is 0 Å². The minimum Gasteiger partial charge on any atom is -0.490 e. The maximum Gasteiger partial charge on any atom is 0.306 e. The second kappa shape index (κ2) is 12.1. The number of benzene rings is 1. The van der Waals surface area contributed by atoms with Gasteiger partial charge in [-0.25, -0.2) is 9.97 Å². The Bertz CT molecular complexity index is 699. The summed E-state index contributed by atoms with van der Waals surface area (Å²) in [6.07, 6.45) is 9.19. The van der Waals surface area contributed by atoms with Crippen LogP contribution in [0.25, 0.3) is 11.4 Å². The molecule has 0 spiro atoms. The number of carbonyl (C=O) groups is 1. The summed E-state index contributed by atoms with van der Waals surface area (Å²) < 4.78 is 10.9. The maximum atomic E-state index is 12.0. The third kappa shape index (κ3) is 7.29. The SMILES string of the molecule is CCCCCCOC(=O)CC(C)c1ccc(-c2ncc(OCCC)cn2)cc1. The third-order valence-corrected chi connectivity index (χ3v) is 4.57. The number of esters is 1. The Morgan fingerprint density at radius 3 is 2.32 bits per heavy atom. The Morgan fingerprint density at radius 2 is 1.68 bits per heavy atom. The lowest BCUT2D eigenvalue weighted by Crippen LogP contribution is -2.09. The van der Waals surface area contributed by atoms with E-state index in [1.807, 2.05) is 31.2 Å². The lowest BCUT2D eigenvalue weighted by Gasteiger charge is -2.12. The Morgan fingerprint density at radius 1 is 0.964 bits per heavy atom. The lowest BCUT2D eigenvalue weighted by atomic mass is 9.97. The highest BCUT2D eigenvalue weighted by molar-refractivity contribution is 5.70. The van der Waals surface area contributed by atoms with E-state index < -0.39 is 0 Å². The summed E-state index contributed by atoms with van der Waals surface area (Å²) in [6.45, 7) is 7.47. The Labute approximate surface area is 168 Å². The van der Waals surface area contributed by atoms with E-state index in [9.17, 15) is 4.79 Å². The summed E-state index contributed by atoms with van der Waals surface area (Å²) in [4.78, 5) is 20.7. The van der Waals surface area contributed by atoms with Crippen molar-refractivity contribution in [2.75, 3.05) is 13.2 Å². The average Bonchev–Trinajstić information content (AvgIpc) is 2.72. The van der Waals surface area contributed by atoms with Crippen molar-refractivity contribution in [2.45, 2.75) is 65.2 Å². The molecular formula is C23H32N2O3.